The smallest absolute Gasteiger partial charge is 0.256 e. The van der Waals surface area contributed by atoms with Crippen LogP contribution in [-0.2, 0) is 14.6 Å². The van der Waals surface area contributed by atoms with Gasteiger partial charge >= 0.3 is 0 Å². The number of sulfone groups is 1. The summed E-state index contributed by atoms with van der Waals surface area (Å²) in [5.41, 5.74) is 0. The van der Waals surface area contributed by atoms with Gasteiger partial charge in [-0.3, -0.25) is 0 Å². The Bertz CT molecular complexity index is 1220. The summed E-state index contributed by atoms with van der Waals surface area (Å²) in [6, 6.07) is 9.21. The second kappa shape index (κ2) is 8.72. The lowest BCUT2D eigenvalue weighted by Gasteiger charge is -2.23. The summed E-state index contributed by atoms with van der Waals surface area (Å²) in [6.07, 6.45) is 11.1. The Kier molecular flexibility index (Phi) is 5.76. The fourth-order valence-corrected chi connectivity index (χ4v) is 5.90. The number of hydrogen-bond acceptors (Lipinski definition) is 6. The summed E-state index contributed by atoms with van der Waals surface area (Å²) in [7, 11) is -3.63. The molecular formula is C26H26O6S. The van der Waals surface area contributed by atoms with Gasteiger partial charge in [0.1, 0.15) is 17.3 Å². The first-order chi connectivity index (χ1) is 15.9. The molecule has 1 fully saturated rings. The topological polar surface area (TPSA) is 86.0 Å². The number of benzene rings is 1. The van der Waals surface area contributed by atoms with Crippen LogP contribution in [0.1, 0.15) is 37.7 Å². The van der Waals surface area contributed by atoms with E-state index in [9.17, 15) is 13.5 Å². The van der Waals surface area contributed by atoms with E-state index in [4.69, 9.17) is 13.9 Å². The lowest BCUT2D eigenvalue weighted by molar-refractivity contribution is -0.0356. The van der Waals surface area contributed by atoms with Gasteiger partial charge in [0.05, 0.1) is 11.2 Å². The molecule has 7 heteroatoms. The molecule has 3 aliphatic rings. The zero-order chi connectivity index (χ0) is 23.0. The SMILES string of the molecule is C=C(OC1=CC=C(S(=O)(=O)c2ccc(OC(O)c3ccco3)cc2)CC1)C1CC=CC2CC21. The van der Waals surface area contributed by atoms with Crippen LogP contribution in [0.5, 0.6) is 5.75 Å². The standard InChI is InChI=1S/C26H26O6S/c1-17(23-5-2-4-18-16-24(18)23)31-19-7-11-21(12-8-19)33(28,29)22-13-9-20(10-14-22)32-26(27)25-6-3-15-30-25/h2-4,6-7,9-11,13-15,18,23-24,26-27H,1,5,8,12,16H2. The fraction of sp³-hybridized carbons (Fsp3) is 0.308. The lowest BCUT2D eigenvalue weighted by Crippen LogP contribution is -2.13. The Balaban J connectivity index is 1.23. The van der Waals surface area contributed by atoms with E-state index in [-0.39, 0.29) is 10.7 Å². The van der Waals surface area contributed by atoms with E-state index in [0.29, 0.717) is 41.3 Å². The second-order valence-corrected chi connectivity index (χ2v) is 10.6. The zero-order valence-electron chi connectivity index (χ0n) is 18.1. The van der Waals surface area contributed by atoms with E-state index in [1.54, 1.807) is 24.3 Å². The predicted molar refractivity (Wildman–Crippen MR) is 122 cm³/mol. The van der Waals surface area contributed by atoms with Crippen LogP contribution < -0.4 is 4.74 Å². The first-order valence-electron chi connectivity index (χ1n) is 11.1. The molecule has 0 bridgehead atoms. The summed E-state index contributed by atoms with van der Waals surface area (Å²) in [6.45, 7) is 4.14. The first-order valence-corrected chi connectivity index (χ1v) is 12.6. The minimum absolute atomic E-state index is 0.171. The molecule has 6 nitrogen and oxygen atoms in total. The molecular weight excluding hydrogens is 440 g/mol. The molecule has 1 heterocycles. The Labute approximate surface area is 193 Å². The van der Waals surface area contributed by atoms with Gasteiger partial charge in [0, 0.05) is 17.2 Å². The third-order valence-electron chi connectivity index (χ3n) is 6.44. The maximum Gasteiger partial charge on any atom is 0.256 e. The van der Waals surface area contributed by atoms with Crippen LogP contribution in [0.2, 0.25) is 0 Å². The van der Waals surface area contributed by atoms with Crippen LogP contribution in [0.3, 0.4) is 0 Å². The normalized spacial score (nSPS) is 24.8. The van der Waals surface area contributed by atoms with E-state index in [2.05, 4.69) is 18.7 Å². The van der Waals surface area contributed by atoms with Crippen LogP contribution >= 0.6 is 0 Å². The van der Waals surface area contributed by atoms with Gasteiger partial charge in [-0.15, -0.1) is 0 Å². The number of furan rings is 1. The van der Waals surface area contributed by atoms with Crippen molar-refractivity contribution in [3.8, 4) is 5.75 Å². The molecule has 4 atom stereocenters. The van der Waals surface area contributed by atoms with Crippen molar-refractivity contribution in [3.05, 3.63) is 95.7 Å². The molecule has 0 spiro atoms. The van der Waals surface area contributed by atoms with Gasteiger partial charge < -0.3 is 19.0 Å². The van der Waals surface area contributed by atoms with Gasteiger partial charge in [0.25, 0.3) is 6.29 Å². The van der Waals surface area contributed by atoms with Crippen molar-refractivity contribution in [2.24, 2.45) is 17.8 Å². The third-order valence-corrected chi connectivity index (χ3v) is 8.37. The summed E-state index contributed by atoms with van der Waals surface area (Å²) in [5, 5.41) is 10.0. The lowest BCUT2D eigenvalue weighted by atomic mass is 9.92. The van der Waals surface area contributed by atoms with Gasteiger partial charge in [-0.1, -0.05) is 18.7 Å². The van der Waals surface area contributed by atoms with Gasteiger partial charge in [-0.25, -0.2) is 8.42 Å². The predicted octanol–water partition coefficient (Wildman–Crippen LogP) is 5.43. The molecule has 172 valence electrons. The average Bonchev–Trinajstić information content (AvgIpc) is 3.41. The summed E-state index contributed by atoms with van der Waals surface area (Å²) in [5.74, 6) is 3.80. The third kappa shape index (κ3) is 4.56. The quantitative estimate of drug-likeness (QED) is 0.317. The van der Waals surface area contributed by atoms with Gasteiger partial charge in [0.15, 0.2) is 5.76 Å². The second-order valence-electron chi connectivity index (χ2n) is 8.63. The Morgan fingerprint density at radius 3 is 2.67 bits per heavy atom. The molecule has 0 saturated heterocycles. The molecule has 33 heavy (non-hydrogen) atoms. The van der Waals surface area contributed by atoms with Crippen molar-refractivity contribution in [1.29, 1.82) is 0 Å². The van der Waals surface area contributed by atoms with Crippen molar-refractivity contribution in [2.75, 3.05) is 0 Å². The van der Waals surface area contributed by atoms with Crippen molar-refractivity contribution in [1.82, 2.24) is 0 Å². The van der Waals surface area contributed by atoms with Gasteiger partial charge in [0.2, 0.25) is 9.84 Å². The molecule has 1 aromatic heterocycles. The average molecular weight is 467 g/mol. The van der Waals surface area contributed by atoms with Crippen LogP contribution in [0.4, 0.5) is 0 Å². The zero-order valence-corrected chi connectivity index (χ0v) is 18.9. The summed E-state index contributed by atoms with van der Waals surface area (Å²) in [4.78, 5) is 0.511. The molecule has 1 saturated carbocycles. The number of hydrogen-bond donors (Lipinski definition) is 1. The van der Waals surface area contributed by atoms with Gasteiger partial charge in [-0.05, 0) is 79.6 Å². The molecule has 0 amide bonds. The Hall–Kier alpha value is -3.03. The maximum atomic E-state index is 13.1. The highest BCUT2D eigenvalue weighted by molar-refractivity contribution is 7.95. The number of fused-ring (bicyclic) bond motifs is 1. The van der Waals surface area contributed by atoms with Crippen molar-refractivity contribution in [3.63, 3.8) is 0 Å². The highest BCUT2D eigenvalue weighted by Crippen LogP contribution is 2.52. The largest absolute Gasteiger partial charge is 0.466 e. The molecule has 3 aliphatic carbocycles. The van der Waals surface area contributed by atoms with E-state index in [1.807, 2.05) is 0 Å². The highest BCUT2D eigenvalue weighted by Gasteiger charge is 2.44. The molecule has 2 aromatic rings. The van der Waals surface area contributed by atoms with Crippen molar-refractivity contribution in [2.45, 2.75) is 36.9 Å². The maximum absolute atomic E-state index is 13.1. The summed E-state index contributed by atoms with van der Waals surface area (Å²) >= 11 is 0. The van der Waals surface area contributed by atoms with E-state index in [0.717, 1.165) is 17.9 Å². The van der Waals surface area contributed by atoms with E-state index < -0.39 is 16.1 Å². The van der Waals surface area contributed by atoms with E-state index in [1.165, 1.54) is 36.9 Å². The molecule has 0 aliphatic heterocycles. The minimum atomic E-state index is -3.63. The minimum Gasteiger partial charge on any atom is -0.466 e. The van der Waals surface area contributed by atoms with Crippen LogP contribution in [0.25, 0.3) is 0 Å². The fourth-order valence-electron chi connectivity index (χ4n) is 4.48. The number of rotatable bonds is 8. The van der Waals surface area contributed by atoms with Crippen LogP contribution in [-0.4, -0.2) is 13.5 Å². The van der Waals surface area contributed by atoms with Crippen LogP contribution in [0, 0.1) is 17.8 Å². The van der Waals surface area contributed by atoms with Crippen molar-refractivity contribution < 1.29 is 27.4 Å². The molecule has 0 radical (unpaired) electrons. The Morgan fingerprint density at radius 1 is 1.15 bits per heavy atom. The Morgan fingerprint density at radius 2 is 1.97 bits per heavy atom. The van der Waals surface area contributed by atoms with Crippen LogP contribution in [0.15, 0.2) is 99.3 Å². The number of allylic oxidation sites excluding steroid dienone is 7. The highest BCUT2D eigenvalue weighted by atomic mass is 32.2. The van der Waals surface area contributed by atoms with Crippen molar-refractivity contribution >= 4 is 9.84 Å². The van der Waals surface area contributed by atoms with Gasteiger partial charge in [-0.2, -0.15) is 0 Å². The molecule has 1 N–H and O–H groups in total. The molecule has 1 aromatic carbocycles. The number of ether oxygens (including phenoxy) is 2. The van der Waals surface area contributed by atoms with E-state index >= 15 is 0 Å². The molecule has 4 unspecified atom stereocenters. The number of aliphatic hydroxyl groups excluding tert-OH is 1. The number of aliphatic hydroxyl groups is 1. The summed E-state index contributed by atoms with van der Waals surface area (Å²) < 4.78 is 42.6. The first kappa shape index (κ1) is 21.8. The molecule has 5 rings (SSSR count). The monoisotopic (exact) mass is 466 g/mol.